The number of fused-ring (bicyclic) bond motifs is 2. The molecule has 9 heteroatoms. The first kappa shape index (κ1) is 21.1. The molecule has 156 valence electrons. The van der Waals surface area contributed by atoms with E-state index in [2.05, 4.69) is 17.9 Å². The van der Waals surface area contributed by atoms with Gasteiger partial charge in [-0.3, -0.25) is 9.59 Å². The Bertz CT molecular complexity index is 1310. The third kappa shape index (κ3) is 4.06. The molecule has 1 atom stereocenters. The van der Waals surface area contributed by atoms with Crippen molar-refractivity contribution in [3.8, 4) is 22.5 Å². The molecule has 1 aliphatic heterocycles. The fourth-order valence-electron chi connectivity index (χ4n) is 3.40. The second-order valence-electron chi connectivity index (χ2n) is 7.07. The molecule has 1 amide bonds. The largest absolute Gasteiger partial charge is 0.456 e. The van der Waals surface area contributed by atoms with Gasteiger partial charge in [0.05, 0.1) is 6.04 Å². The Kier molecular flexibility index (Phi) is 5.80. The third-order valence-corrected chi connectivity index (χ3v) is 5.38. The minimum Gasteiger partial charge on any atom is -0.456 e. The molecule has 0 fully saturated rings. The van der Waals surface area contributed by atoms with Crippen LogP contribution in [0.5, 0.6) is 0 Å². The van der Waals surface area contributed by atoms with Crippen LogP contribution in [0.3, 0.4) is 0 Å². The van der Waals surface area contributed by atoms with E-state index in [0.717, 1.165) is 12.1 Å². The molecule has 2 aliphatic rings. The van der Waals surface area contributed by atoms with Gasteiger partial charge in [-0.15, -0.1) is 0 Å². The Morgan fingerprint density at radius 1 is 1.13 bits per heavy atom. The number of benzene rings is 3. The van der Waals surface area contributed by atoms with Gasteiger partial charge in [0.2, 0.25) is 11.3 Å². The Balaban J connectivity index is 1.91. The van der Waals surface area contributed by atoms with Crippen LogP contribution in [0, 0.1) is 11.6 Å². The van der Waals surface area contributed by atoms with Crippen LogP contribution in [0.2, 0.25) is 0 Å². The van der Waals surface area contributed by atoms with Crippen LogP contribution in [0.15, 0.2) is 63.8 Å². The van der Waals surface area contributed by atoms with Crippen molar-refractivity contribution in [2.45, 2.75) is 6.04 Å². The van der Waals surface area contributed by atoms with E-state index in [0.29, 0.717) is 27.7 Å². The Hall–Kier alpha value is -3.17. The zero-order valence-corrected chi connectivity index (χ0v) is 17.1. The van der Waals surface area contributed by atoms with Crippen molar-refractivity contribution in [2.75, 3.05) is 5.75 Å². The second kappa shape index (κ2) is 8.53. The molecule has 3 N–H and O–H groups in total. The summed E-state index contributed by atoms with van der Waals surface area (Å²) in [5, 5.41) is 2.97. The molecular formula is C22H17BF2N2O3S. The second-order valence-corrected chi connectivity index (χ2v) is 7.43. The molecule has 0 aromatic heterocycles. The molecule has 31 heavy (non-hydrogen) atoms. The maximum Gasteiger partial charge on any atom is 0.273 e. The lowest BCUT2D eigenvalue weighted by Gasteiger charge is -2.16. The normalized spacial score (nSPS) is 12.1. The fraction of sp³-hybridized carbons (Fsp3) is 0.0909. The van der Waals surface area contributed by atoms with Gasteiger partial charge >= 0.3 is 0 Å². The predicted octanol–water partition coefficient (Wildman–Crippen LogP) is 2.19. The average molecular weight is 438 g/mol. The minimum atomic E-state index is -0.917. The number of amides is 1. The van der Waals surface area contributed by atoms with Gasteiger partial charge in [-0.25, -0.2) is 8.78 Å². The first-order valence-corrected chi connectivity index (χ1v) is 10.1. The number of rotatable bonds is 5. The van der Waals surface area contributed by atoms with Gasteiger partial charge in [0.1, 0.15) is 17.2 Å². The number of carbonyl (C=O) groups excluding carboxylic acids is 1. The van der Waals surface area contributed by atoms with E-state index in [-0.39, 0.29) is 24.4 Å². The summed E-state index contributed by atoms with van der Waals surface area (Å²) < 4.78 is 34.8. The molecule has 2 aromatic carbocycles. The lowest BCUT2D eigenvalue weighted by molar-refractivity contribution is -0.120. The molecule has 4 rings (SSSR count). The summed E-state index contributed by atoms with van der Waals surface area (Å²) >= 11 is 3.97. The van der Waals surface area contributed by atoms with Crippen molar-refractivity contribution >= 4 is 42.4 Å². The van der Waals surface area contributed by atoms with E-state index in [1.165, 1.54) is 12.1 Å². The van der Waals surface area contributed by atoms with Gasteiger partial charge in [-0.1, -0.05) is 30.3 Å². The molecule has 0 radical (unpaired) electrons. The van der Waals surface area contributed by atoms with Gasteiger partial charge in [0.15, 0.2) is 5.82 Å². The summed E-state index contributed by atoms with van der Waals surface area (Å²) in [6.07, 6.45) is 0. The highest BCUT2D eigenvalue weighted by molar-refractivity contribution is 7.80. The quantitative estimate of drug-likeness (QED) is 0.254. The monoisotopic (exact) mass is 438 g/mol. The fourth-order valence-corrected chi connectivity index (χ4v) is 3.57. The van der Waals surface area contributed by atoms with Crippen LogP contribution in [0.1, 0.15) is 0 Å². The number of hydrogen-bond donors (Lipinski definition) is 3. The maximum atomic E-state index is 14.9. The lowest BCUT2D eigenvalue weighted by Crippen LogP contribution is -2.46. The van der Waals surface area contributed by atoms with Crippen molar-refractivity contribution in [3.63, 3.8) is 0 Å². The highest BCUT2D eigenvalue weighted by Crippen LogP contribution is 2.39. The van der Waals surface area contributed by atoms with Gasteiger partial charge < -0.3 is 15.4 Å². The summed E-state index contributed by atoms with van der Waals surface area (Å²) in [5.41, 5.74) is 6.91. The highest BCUT2D eigenvalue weighted by Gasteiger charge is 2.21. The molecule has 1 aliphatic carbocycles. The van der Waals surface area contributed by atoms with Crippen molar-refractivity contribution in [2.24, 2.45) is 5.73 Å². The number of nitrogens with one attached hydrogen (secondary N) is 1. The number of hydrogen-bond acceptors (Lipinski definition) is 5. The Labute approximate surface area is 182 Å². The lowest BCUT2D eigenvalue weighted by atomic mass is 9.80. The van der Waals surface area contributed by atoms with Crippen molar-refractivity contribution < 1.29 is 18.0 Å². The van der Waals surface area contributed by atoms with Crippen LogP contribution in [-0.4, -0.2) is 25.1 Å². The van der Waals surface area contributed by atoms with Crippen LogP contribution in [0.4, 0.5) is 8.78 Å². The molecule has 5 nitrogen and oxygen atoms in total. The number of carbonyl (C=O) groups is 1. The molecular weight excluding hydrogens is 421 g/mol. The molecule has 0 saturated carbocycles. The van der Waals surface area contributed by atoms with E-state index >= 15 is 0 Å². The summed E-state index contributed by atoms with van der Waals surface area (Å²) in [5.74, 6) is -1.61. The number of nitrogens with two attached hydrogens (primary N) is 1. The molecule has 0 bridgehead atoms. The van der Waals surface area contributed by atoms with Crippen LogP contribution in [0.25, 0.3) is 33.4 Å². The zero-order valence-electron chi connectivity index (χ0n) is 16.2. The third-order valence-electron chi connectivity index (χ3n) is 4.99. The van der Waals surface area contributed by atoms with E-state index in [1.807, 2.05) is 18.2 Å². The van der Waals surface area contributed by atoms with E-state index in [1.54, 1.807) is 12.1 Å². The number of halogens is 2. The van der Waals surface area contributed by atoms with Crippen molar-refractivity contribution in [1.29, 1.82) is 0 Å². The summed E-state index contributed by atoms with van der Waals surface area (Å²) in [4.78, 5) is 23.8. The Morgan fingerprint density at radius 3 is 2.58 bits per heavy atom. The zero-order chi connectivity index (χ0) is 22.1. The van der Waals surface area contributed by atoms with Gasteiger partial charge in [-0.05, 0) is 29.2 Å². The van der Waals surface area contributed by atoms with Crippen molar-refractivity contribution in [1.82, 2.24) is 5.23 Å². The van der Waals surface area contributed by atoms with Crippen LogP contribution in [-0.2, 0) is 4.79 Å². The summed E-state index contributed by atoms with van der Waals surface area (Å²) in [6, 6.07) is 13.2. The van der Waals surface area contributed by atoms with Gasteiger partial charge in [-0.2, -0.15) is 12.6 Å². The standard InChI is InChI=1S/C22H17BF2N2O3S/c24-15-6-12-19(8-14(15)23-27-22(29)17(26)10-31)30-20-9-18(28)16(25)7-13(20)21(12)11-4-2-1-3-5-11/h1-9,17,23,31H,10,26H2,(H,27,29)/t17-/m0/s1. The van der Waals surface area contributed by atoms with Gasteiger partial charge in [0.25, 0.3) is 7.41 Å². The average Bonchev–Trinajstić information content (AvgIpc) is 2.77. The smallest absolute Gasteiger partial charge is 0.273 e. The molecule has 0 unspecified atom stereocenters. The van der Waals surface area contributed by atoms with Crippen LogP contribution >= 0.6 is 12.6 Å². The SMILES string of the molecule is N[C@@H](CS)C(=O)NBc1cc2oc3cc(=O)c(F)cc-3c(-c3ccccc3)c2cc1F. The first-order chi connectivity index (χ1) is 14.9. The molecule has 0 spiro atoms. The molecule has 1 heterocycles. The van der Waals surface area contributed by atoms with E-state index < -0.39 is 29.0 Å². The minimum absolute atomic E-state index is 0.105. The molecule has 2 aromatic rings. The number of thiol groups is 1. The predicted molar refractivity (Wildman–Crippen MR) is 121 cm³/mol. The van der Waals surface area contributed by atoms with E-state index in [9.17, 15) is 18.4 Å². The summed E-state index contributed by atoms with van der Waals surface area (Å²) in [7, 11) is -0.105. The van der Waals surface area contributed by atoms with E-state index in [4.69, 9.17) is 10.2 Å². The van der Waals surface area contributed by atoms with Crippen molar-refractivity contribution in [3.05, 3.63) is 76.5 Å². The Morgan fingerprint density at radius 2 is 1.87 bits per heavy atom. The van der Waals surface area contributed by atoms with Crippen LogP contribution < -0.4 is 21.9 Å². The summed E-state index contributed by atoms with van der Waals surface area (Å²) in [6.45, 7) is 0. The molecule has 0 saturated heterocycles. The highest BCUT2D eigenvalue weighted by atomic mass is 32.1. The first-order valence-electron chi connectivity index (χ1n) is 9.47. The van der Waals surface area contributed by atoms with Gasteiger partial charge in [0, 0.05) is 28.3 Å². The topological polar surface area (TPSA) is 85.3 Å². The maximum absolute atomic E-state index is 14.9.